The molecule has 1 aromatic carbocycles. The number of hydrogen-bond donors (Lipinski definition) is 1. The van der Waals surface area contributed by atoms with Crippen LogP contribution in [0.1, 0.15) is 30.9 Å². The van der Waals surface area contributed by atoms with Crippen LogP contribution in [0.4, 0.5) is 4.39 Å². The molecule has 1 unspecified atom stereocenters. The Morgan fingerprint density at radius 1 is 1.42 bits per heavy atom. The minimum atomic E-state index is -0.230. The van der Waals surface area contributed by atoms with Gasteiger partial charge in [-0.05, 0) is 56.5 Å². The molecule has 2 N–H and O–H groups in total. The zero-order valence-electron chi connectivity index (χ0n) is 11.6. The van der Waals surface area contributed by atoms with E-state index in [1.165, 1.54) is 18.9 Å². The van der Waals surface area contributed by atoms with Gasteiger partial charge in [-0.3, -0.25) is 4.90 Å². The second-order valence-electron chi connectivity index (χ2n) is 5.35. The van der Waals surface area contributed by atoms with E-state index in [1.54, 1.807) is 6.07 Å². The fourth-order valence-corrected chi connectivity index (χ4v) is 2.34. The second-order valence-corrected chi connectivity index (χ2v) is 5.35. The first-order valence-corrected chi connectivity index (χ1v) is 6.79. The molecule has 1 atom stereocenters. The van der Waals surface area contributed by atoms with Gasteiger partial charge in [-0.25, -0.2) is 4.39 Å². The minimum absolute atomic E-state index is 0.230. The molecule has 1 saturated carbocycles. The molecule has 0 aliphatic heterocycles. The van der Waals surface area contributed by atoms with Crippen LogP contribution in [0.15, 0.2) is 18.2 Å². The van der Waals surface area contributed by atoms with Gasteiger partial charge in [0.15, 0.2) is 0 Å². The van der Waals surface area contributed by atoms with Crippen LogP contribution in [-0.2, 0) is 6.54 Å². The summed E-state index contributed by atoms with van der Waals surface area (Å²) in [4.78, 5) is 2.28. The van der Waals surface area contributed by atoms with Crippen molar-refractivity contribution in [3.63, 3.8) is 0 Å². The third-order valence-electron chi connectivity index (χ3n) is 3.72. The third kappa shape index (κ3) is 4.05. The van der Waals surface area contributed by atoms with Gasteiger partial charge in [-0.1, -0.05) is 11.8 Å². The normalized spacial score (nSPS) is 16.1. The number of halogens is 1. The molecule has 0 bridgehead atoms. The summed E-state index contributed by atoms with van der Waals surface area (Å²) in [5, 5.41) is 0. The summed E-state index contributed by atoms with van der Waals surface area (Å²) in [6.45, 7) is 3.29. The van der Waals surface area contributed by atoms with Crippen LogP contribution < -0.4 is 5.73 Å². The van der Waals surface area contributed by atoms with E-state index in [0.717, 1.165) is 18.0 Å². The number of nitrogens with zero attached hydrogens (tertiary/aromatic N) is 1. The monoisotopic (exact) mass is 260 g/mol. The molecule has 1 fully saturated rings. The molecule has 0 amide bonds. The quantitative estimate of drug-likeness (QED) is 0.842. The Kier molecular flexibility index (Phi) is 4.57. The van der Waals surface area contributed by atoms with Crippen molar-refractivity contribution in [2.24, 2.45) is 11.7 Å². The van der Waals surface area contributed by atoms with Crippen LogP contribution in [0, 0.1) is 23.6 Å². The number of hydrogen-bond acceptors (Lipinski definition) is 2. The molecule has 19 heavy (non-hydrogen) atoms. The molecule has 1 aromatic rings. The summed E-state index contributed by atoms with van der Waals surface area (Å²) in [5.74, 6) is 6.24. The summed E-state index contributed by atoms with van der Waals surface area (Å²) in [6.07, 6.45) is 2.64. The molecular formula is C16H21FN2. The van der Waals surface area contributed by atoms with E-state index in [-0.39, 0.29) is 5.82 Å². The van der Waals surface area contributed by atoms with Crippen molar-refractivity contribution in [2.75, 3.05) is 13.6 Å². The largest absolute Gasteiger partial charge is 0.320 e. The molecule has 1 aliphatic rings. The first-order chi connectivity index (χ1) is 9.10. The first kappa shape index (κ1) is 14.0. The van der Waals surface area contributed by atoms with Crippen LogP contribution >= 0.6 is 0 Å². The van der Waals surface area contributed by atoms with Gasteiger partial charge >= 0.3 is 0 Å². The minimum Gasteiger partial charge on any atom is -0.320 e. The molecule has 0 saturated heterocycles. The lowest BCUT2D eigenvalue weighted by Gasteiger charge is -2.24. The van der Waals surface area contributed by atoms with Gasteiger partial charge in [0.05, 0.1) is 6.54 Å². The molecular weight excluding hydrogens is 239 g/mol. The third-order valence-corrected chi connectivity index (χ3v) is 3.72. The standard InChI is InChI=1S/C16H21FN2/c1-12(15-5-6-15)19(2)11-14-8-13(4-3-7-18)9-16(17)10-14/h8-10,12,15H,5-7,11,18H2,1-2H3. The lowest BCUT2D eigenvalue weighted by molar-refractivity contribution is 0.226. The van der Waals surface area contributed by atoms with Crippen molar-refractivity contribution in [1.29, 1.82) is 0 Å². The average molecular weight is 260 g/mol. The van der Waals surface area contributed by atoms with Gasteiger partial charge in [-0.15, -0.1) is 0 Å². The van der Waals surface area contributed by atoms with Crippen molar-refractivity contribution >= 4 is 0 Å². The highest BCUT2D eigenvalue weighted by molar-refractivity contribution is 5.38. The maximum absolute atomic E-state index is 13.6. The highest BCUT2D eigenvalue weighted by atomic mass is 19.1. The molecule has 2 nitrogen and oxygen atoms in total. The topological polar surface area (TPSA) is 29.3 Å². The molecule has 102 valence electrons. The van der Waals surface area contributed by atoms with Gasteiger partial charge < -0.3 is 5.73 Å². The first-order valence-electron chi connectivity index (χ1n) is 6.79. The average Bonchev–Trinajstić information content (AvgIpc) is 3.19. The molecule has 0 heterocycles. The SMILES string of the molecule is CC(C1CC1)N(C)Cc1cc(F)cc(C#CCN)c1. The van der Waals surface area contributed by atoms with Crippen LogP contribution in [-0.4, -0.2) is 24.5 Å². The van der Waals surface area contributed by atoms with Crippen molar-refractivity contribution in [3.05, 3.63) is 35.1 Å². The van der Waals surface area contributed by atoms with Crippen LogP contribution in [0.25, 0.3) is 0 Å². The maximum Gasteiger partial charge on any atom is 0.124 e. The highest BCUT2D eigenvalue weighted by Crippen LogP contribution is 2.35. The lowest BCUT2D eigenvalue weighted by atomic mass is 10.1. The maximum atomic E-state index is 13.6. The summed E-state index contributed by atoms with van der Waals surface area (Å²) in [6, 6.07) is 5.55. The van der Waals surface area contributed by atoms with Crippen LogP contribution in [0.5, 0.6) is 0 Å². The van der Waals surface area contributed by atoms with Gasteiger partial charge in [0.25, 0.3) is 0 Å². The fourth-order valence-electron chi connectivity index (χ4n) is 2.34. The molecule has 0 radical (unpaired) electrons. The Morgan fingerprint density at radius 3 is 2.79 bits per heavy atom. The Labute approximate surface area is 114 Å². The van der Waals surface area contributed by atoms with Gasteiger partial charge in [0, 0.05) is 18.2 Å². The predicted octanol–water partition coefficient (Wildman–Crippen LogP) is 2.37. The van der Waals surface area contributed by atoms with E-state index in [0.29, 0.717) is 18.2 Å². The van der Waals surface area contributed by atoms with Crippen molar-refractivity contribution in [1.82, 2.24) is 4.90 Å². The Bertz CT molecular complexity index is 497. The van der Waals surface area contributed by atoms with Gasteiger partial charge in [0.2, 0.25) is 0 Å². The van der Waals surface area contributed by atoms with Gasteiger partial charge in [0.1, 0.15) is 5.82 Å². The number of rotatable bonds is 4. The zero-order chi connectivity index (χ0) is 13.8. The van der Waals surface area contributed by atoms with E-state index >= 15 is 0 Å². The smallest absolute Gasteiger partial charge is 0.124 e. The number of nitrogens with two attached hydrogens (primary N) is 1. The fraction of sp³-hybridized carbons (Fsp3) is 0.500. The summed E-state index contributed by atoms with van der Waals surface area (Å²) >= 11 is 0. The van der Waals surface area contributed by atoms with E-state index in [9.17, 15) is 4.39 Å². The molecule has 1 aliphatic carbocycles. The lowest BCUT2D eigenvalue weighted by Crippen LogP contribution is -2.30. The summed E-state index contributed by atoms with van der Waals surface area (Å²) in [7, 11) is 2.10. The van der Waals surface area contributed by atoms with E-state index < -0.39 is 0 Å². The predicted molar refractivity (Wildman–Crippen MR) is 76.0 cm³/mol. The summed E-state index contributed by atoms with van der Waals surface area (Å²) in [5.41, 5.74) is 7.01. The molecule has 0 aromatic heterocycles. The molecule has 3 heteroatoms. The van der Waals surface area contributed by atoms with E-state index in [4.69, 9.17) is 5.73 Å². The molecule has 0 spiro atoms. The van der Waals surface area contributed by atoms with E-state index in [2.05, 4.69) is 30.7 Å². The zero-order valence-corrected chi connectivity index (χ0v) is 11.6. The Morgan fingerprint density at radius 2 is 2.16 bits per heavy atom. The van der Waals surface area contributed by atoms with Crippen molar-refractivity contribution in [2.45, 2.75) is 32.4 Å². The van der Waals surface area contributed by atoms with E-state index in [1.807, 2.05) is 6.07 Å². The summed E-state index contributed by atoms with van der Waals surface area (Å²) < 4.78 is 13.6. The van der Waals surface area contributed by atoms with Gasteiger partial charge in [-0.2, -0.15) is 0 Å². The van der Waals surface area contributed by atoms with Crippen LogP contribution in [0.2, 0.25) is 0 Å². The van der Waals surface area contributed by atoms with Crippen molar-refractivity contribution in [3.8, 4) is 11.8 Å². The van der Waals surface area contributed by atoms with Crippen molar-refractivity contribution < 1.29 is 4.39 Å². The number of benzene rings is 1. The van der Waals surface area contributed by atoms with Crippen LogP contribution in [0.3, 0.4) is 0 Å². The second kappa shape index (κ2) is 6.18. The Balaban J connectivity index is 2.08. The Hall–Kier alpha value is -1.37. The molecule has 2 rings (SSSR count). The highest BCUT2D eigenvalue weighted by Gasteiger charge is 2.30.